The maximum atomic E-state index is 11.5. The molecule has 1 heterocycles. The molecule has 10 nitrogen and oxygen atoms in total. The zero-order valence-electron chi connectivity index (χ0n) is 38.2. The number of rotatable bonds is 25. The second-order valence-corrected chi connectivity index (χ2v) is 17.3. The van der Waals surface area contributed by atoms with Crippen LogP contribution >= 0.6 is 0 Å². The van der Waals surface area contributed by atoms with Crippen molar-refractivity contribution in [3.63, 3.8) is 0 Å². The lowest BCUT2D eigenvalue weighted by Crippen LogP contribution is -2.25. The summed E-state index contributed by atoms with van der Waals surface area (Å²) in [5.74, 6) is 3.10. The molecule has 4 unspecified atom stereocenters. The van der Waals surface area contributed by atoms with Gasteiger partial charge in [-0.15, -0.1) is 0 Å². The summed E-state index contributed by atoms with van der Waals surface area (Å²) in [7, 11) is 0. The van der Waals surface area contributed by atoms with Crippen LogP contribution in [0.15, 0.2) is 91.0 Å². The van der Waals surface area contributed by atoms with Crippen LogP contribution in [0.4, 0.5) is 0 Å². The monoisotopic (exact) mass is 867 g/mol. The van der Waals surface area contributed by atoms with Gasteiger partial charge in [-0.2, -0.15) is 0 Å². The van der Waals surface area contributed by atoms with Crippen molar-refractivity contribution in [3.05, 3.63) is 96.6 Å². The number of ether oxygens (including phenoxy) is 4. The fourth-order valence-corrected chi connectivity index (χ4v) is 8.45. The van der Waals surface area contributed by atoms with Crippen LogP contribution in [0.3, 0.4) is 0 Å². The molecule has 0 amide bonds. The Morgan fingerprint density at radius 2 is 1.00 bits per heavy atom. The van der Waals surface area contributed by atoms with Gasteiger partial charge in [0.05, 0.1) is 18.8 Å². The fourth-order valence-electron chi connectivity index (χ4n) is 8.45. The Hall–Kier alpha value is -5.39. The fraction of sp³-hybridized carbons (Fsp3) is 0.426. The average Bonchev–Trinajstić information content (AvgIpc) is 3.31. The smallest absolute Gasteiger partial charge is 0.167 e. The van der Waals surface area contributed by atoms with E-state index < -0.39 is 12.2 Å². The first-order valence-corrected chi connectivity index (χ1v) is 23.3. The van der Waals surface area contributed by atoms with Crippen molar-refractivity contribution in [2.75, 3.05) is 39.6 Å². The summed E-state index contributed by atoms with van der Waals surface area (Å²) in [5.41, 5.74) is 2.88. The Labute approximate surface area is 378 Å². The standard InChI is InChI=1S/C54H65N3O7/c1-6-10-13-36(8-3)29-61-31-41(58)33-63-43-21-25-45(35(5)27-43)52-55-53(47-24-20-40-18-17-38-15-12-16-39-19-23-46(47)51(40)50(38)39)57-54(56-52)48-26-22-44(28-49(48)60)64-34-42(59)32-62-30-37(9-4)14-11-7-2/h12,15-28,36-37,41-42,58-60H,6-11,13-14,29-34H2,1-5H3. The van der Waals surface area contributed by atoms with E-state index in [-0.39, 0.29) is 32.2 Å². The highest BCUT2D eigenvalue weighted by molar-refractivity contribution is 6.25. The molecule has 6 aromatic carbocycles. The topological polar surface area (TPSA) is 136 Å². The molecule has 0 aliphatic rings. The van der Waals surface area contributed by atoms with Crippen molar-refractivity contribution < 1.29 is 34.3 Å². The number of benzene rings is 6. The van der Waals surface area contributed by atoms with E-state index in [0.29, 0.717) is 59.6 Å². The lowest BCUT2D eigenvalue weighted by Gasteiger charge is -2.18. The van der Waals surface area contributed by atoms with Gasteiger partial charge in [0.25, 0.3) is 0 Å². The van der Waals surface area contributed by atoms with E-state index in [9.17, 15) is 15.3 Å². The molecule has 0 radical (unpaired) electrons. The molecular formula is C54H65N3O7. The number of nitrogens with zero attached hydrogens (tertiary/aromatic N) is 3. The molecule has 0 fully saturated rings. The second-order valence-electron chi connectivity index (χ2n) is 17.3. The van der Waals surface area contributed by atoms with Gasteiger partial charge in [0.2, 0.25) is 0 Å². The minimum atomic E-state index is -0.817. The van der Waals surface area contributed by atoms with Crippen molar-refractivity contribution >= 4 is 32.3 Å². The minimum Gasteiger partial charge on any atom is -0.507 e. The molecule has 0 aliphatic heterocycles. The van der Waals surface area contributed by atoms with E-state index in [1.807, 2.05) is 25.1 Å². The van der Waals surface area contributed by atoms with Crippen molar-refractivity contribution in [3.8, 4) is 51.4 Å². The van der Waals surface area contributed by atoms with Crippen LogP contribution < -0.4 is 9.47 Å². The summed E-state index contributed by atoms with van der Waals surface area (Å²) >= 11 is 0. The van der Waals surface area contributed by atoms with Crippen molar-refractivity contribution in [2.24, 2.45) is 11.8 Å². The predicted molar refractivity (Wildman–Crippen MR) is 257 cm³/mol. The van der Waals surface area contributed by atoms with E-state index in [1.165, 1.54) is 30.7 Å². The van der Waals surface area contributed by atoms with Gasteiger partial charge < -0.3 is 34.3 Å². The molecular weight excluding hydrogens is 803 g/mol. The first-order valence-electron chi connectivity index (χ1n) is 23.3. The number of aliphatic hydroxyl groups excluding tert-OH is 2. The SMILES string of the molecule is CCCCC(CC)COCC(O)COc1ccc(-c2nc(-c3ccc(OCC(O)COCC(CC)CCCC)cc3O)nc(-c3ccc4ccc5cccc6ccc3c4c56)n2)c(C)c1. The van der Waals surface area contributed by atoms with Crippen LogP contribution in [0.2, 0.25) is 0 Å². The number of unbranched alkanes of at least 4 members (excludes halogenated alkanes) is 2. The van der Waals surface area contributed by atoms with E-state index >= 15 is 0 Å². The highest BCUT2D eigenvalue weighted by Crippen LogP contribution is 2.40. The summed E-state index contributed by atoms with van der Waals surface area (Å²) in [6.45, 7) is 12.5. The van der Waals surface area contributed by atoms with Gasteiger partial charge in [0, 0.05) is 30.4 Å². The first kappa shape index (κ1) is 46.6. The minimum absolute atomic E-state index is 0.0173. The van der Waals surface area contributed by atoms with Gasteiger partial charge in [-0.3, -0.25) is 0 Å². The lowest BCUT2D eigenvalue weighted by atomic mass is 9.92. The summed E-state index contributed by atoms with van der Waals surface area (Å²) in [6.07, 6.45) is 7.46. The molecule has 0 aliphatic carbocycles. The highest BCUT2D eigenvalue weighted by atomic mass is 16.5. The molecule has 3 N–H and O–H groups in total. The molecule has 4 atom stereocenters. The predicted octanol–water partition coefficient (Wildman–Crippen LogP) is 11.7. The molecule has 1 aromatic heterocycles. The quantitative estimate of drug-likeness (QED) is 0.0476. The molecule has 7 rings (SSSR count). The lowest BCUT2D eigenvalue weighted by molar-refractivity contribution is -0.00111. The molecule has 10 heteroatoms. The summed E-state index contributed by atoms with van der Waals surface area (Å²) in [4.78, 5) is 15.1. The molecule has 64 heavy (non-hydrogen) atoms. The van der Waals surface area contributed by atoms with Crippen LogP contribution in [-0.4, -0.2) is 82.1 Å². The largest absolute Gasteiger partial charge is 0.507 e. The first-order chi connectivity index (χ1) is 31.2. The molecule has 338 valence electrons. The van der Waals surface area contributed by atoms with Crippen LogP contribution in [0, 0.1) is 18.8 Å². The molecule has 0 bridgehead atoms. The summed E-state index contributed by atoms with van der Waals surface area (Å²) in [5, 5.41) is 39.6. The van der Waals surface area contributed by atoms with E-state index in [1.54, 1.807) is 12.1 Å². The van der Waals surface area contributed by atoms with Crippen LogP contribution in [0.25, 0.3) is 66.5 Å². The van der Waals surface area contributed by atoms with Gasteiger partial charge in [0.15, 0.2) is 17.5 Å². The number of aromatic nitrogens is 3. The van der Waals surface area contributed by atoms with E-state index in [2.05, 4.69) is 82.3 Å². The molecule has 0 saturated heterocycles. The number of hydrogen-bond acceptors (Lipinski definition) is 10. The molecule has 7 aromatic rings. The van der Waals surface area contributed by atoms with E-state index in [0.717, 1.165) is 75.7 Å². The molecule has 0 spiro atoms. The second kappa shape index (κ2) is 22.5. The Bertz CT molecular complexity index is 2460. The number of aryl methyl sites for hydroxylation is 1. The van der Waals surface area contributed by atoms with Gasteiger partial charge >= 0.3 is 0 Å². The number of phenols is 1. The maximum Gasteiger partial charge on any atom is 0.167 e. The normalized spacial score (nSPS) is 13.7. The van der Waals surface area contributed by atoms with Crippen molar-refractivity contribution in [2.45, 2.75) is 98.2 Å². The maximum absolute atomic E-state index is 11.5. The Morgan fingerprint density at radius 1 is 0.516 bits per heavy atom. The van der Waals surface area contributed by atoms with E-state index in [4.69, 9.17) is 33.9 Å². The van der Waals surface area contributed by atoms with Gasteiger partial charge in [-0.25, -0.2) is 15.0 Å². The number of aromatic hydroxyl groups is 1. The number of hydrogen-bond donors (Lipinski definition) is 3. The Morgan fingerprint density at radius 3 is 1.55 bits per heavy atom. The van der Waals surface area contributed by atoms with Crippen LogP contribution in [-0.2, 0) is 9.47 Å². The summed E-state index contributed by atoms with van der Waals surface area (Å²) in [6, 6.07) is 29.8. The molecule has 0 saturated carbocycles. The third kappa shape index (κ3) is 11.5. The number of aliphatic hydroxyl groups is 2. The van der Waals surface area contributed by atoms with Crippen molar-refractivity contribution in [1.29, 1.82) is 0 Å². The Balaban J connectivity index is 1.14. The van der Waals surface area contributed by atoms with Crippen LogP contribution in [0.1, 0.15) is 84.6 Å². The van der Waals surface area contributed by atoms with Gasteiger partial charge in [-0.05, 0) is 106 Å². The third-order valence-corrected chi connectivity index (χ3v) is 12.4. The zero-order valence-corrected chi connectivity index (χ0v) is 38.2. The van der Waals surface area contributed by atoms with Gasteiger partial charge in [0.1, 0.15) is 42.7 Å². The number of phenolic OH excluding ortho intramolecular Hbond substituents is 1. The Kier molecular flexibility index (Phi) is 16.4. The average molecular weight is 868 g/mol. The van der Waals surface area contributed by atoms with Crippen molar-refractivity contribution in [1.82, 2.24) is 15.0 Å². The zero-order chi connectivity index (χ0) is 45.0. The van der Waals surface area contributed by atoms with Gasteiger partial charge in [-0.1, -0.05) is 115 Å². The summed E-state index contributed by atoms with van der Waals surface area (Å²) < 4.78 is 23.6. The van der Waals surface area contributed by atoms with Crippen LogP contribution in [0.5, 0.6) is 17.2 Å². The third-order valence-electron chi connectivity index (χ3n) is 12.4. The highest BCUT2D eigenvalue weighted by Gasteiger charge is 2.20.